The molecule has 0 bridgehead atoms. The number of rotatable bonds is 6. The van der Waals surface area contributed by atoms with Crippen LogP contribution in [-0.4, -0.2) is 29.8 Å². The molecule has 1 atom stereocenters. The largest absolute Gasteiger partial charge is 0.435 e. The van der Waals surface area contributed by atoms with E-state index < -0.39 is 18.2 Å². The predicted molar refractivity (Wildman–Crippen MR) is 116 cm³/mol. The number of carbonyl (C=O) groups excluding carboxylic acids is 1. The zero-order chi connectivity index (χ0) is 22.1. The first kappa shape index (κ1) is 23.2. The standard InChI is InChI=1S/C19H17Cl2F3N2O2S2/c1-10-3-15(30-16(10)8-25-17(27)9-29-2)14-7-18(28-26-14,19(22,23)24)11-4-12(20)6-13(21)5-11/h3-6H,7-9H2,1-2H3,(H,25,27). The minimum absolute atomic E-state index is 0.0772. The number of halogens is 5. The van der Waals surface area contributed by atoms with Crippen LogP contribution in [0.4, 0.5) is 13.2 Å². The van der Waals surface area contributed by atoms with Crippen LogP contribution in [0.5, 0.6) is 0 Å². The lowest BCUT2D eigenvalue weighted by atomic mass is 9.88. The van der Waals surface area contributed by atoms with E-state index in [1.165, 1.54) is 41.3 Å². The number of nitrogens with one attached hydrogen (secondary N) is 1. The van der Waals surface area contributed by atoms with E-state index in [-0.39, 0.29) is 27.2 Å². The first-order valence-electron chi connectivity index (χ1n) is 8.69. The number of hydrogen-bond donors (Lipinski definition) is 1. The van der Waals surface area contributed by atoms with Crippen molar-refractivity contribution in [1.29, 1.82) is 0 Å². The van der Waals surface area contributed by atoms with Crippen molar-refractivity contribution in [2.24, 2.45) is 5.16 Å². The fraction of sp³-hybridized carbons (Fsp3) is 0.368. The molecule has 0 radical (unpaired) electrons. The minimum atomic E-state index is -4.74. The maximum absolute atomic E-state index is 14.1. The second-order valence-corrected chi connectivity index (χ2v) is 9.59. The quantitative estimate of drug-likeness (QED) is 0.539. The van der Waals surface area contributed by atoms with Crippen LogP contribution in [0.3, 0.4) is 0 Å². The lowest BCUT2D eigenvalue weighted by Crippen LogP contribution is -2.42. The molecule has 1 aliphatic heterocycles. The molecular weight excluding hydrogens is 480 g/mol. The highest BCUT2D eigenvalue weighted by atomic mass is 35.5. The minimum Gasteiger partial charge on any atom is -0.374 e. The zero-order valence-corrected chi connectivity index (χ0v) is 19.0. The van der Waals surface area contributed by atoms with E-state index in [2.05, 4.69) is 10.5 Å². The average molecular weight is 497 g/mol. The van der Waals surface area contributed by atoms with Crippen molar-refractivity contribution in [3.63, 3.8) is 0 Å². The summed E-state index contributed by atoms with van der Waals surface area (Å²) in [7, 11) is 0. The van der Waals surface area contributed by atoms with Crippen LogP contribution in [0, 0.1) is 6.92 Å². The molecule has 3 rings (SSSR count). The van der Waals surface area contributed by atoms with Gasteiger partial charge in [0, 0.05) is 20.5 Å². The highest BCUT2D eigenvalue weighted by Gasteiger charge is 2.62. The molecule has 0 spiro atoms. The van der Waals surface area contributed by atoms with Crippen molar-refractivity contribution < 1.29 is 22.8 Å². The SMILES string of the molecule is CSCC(=O)NCc1sc(C2=NOC(c3cc(Cl)cc(Cl)c3)(C(F)(F)F)C2)cc1C. The second kappa shape index (κ2) is 8.98. The van der Waals surface area contributed by atoms with Crippen LogP contribution < -0.4 is 5.32 Å². The van der Waals surface area contributed by atoms with E-state index >= 15 is 0 Å². The number of oxime groups is 1. The van der Waals surface area contributed by atoms with E-state index in [1.54, 1.807) is 6.07 Å². The molecule has 1 unspecified atom stereocenters. The van der Waals surface area contributed by atoms with Gasteiger partial charge in [-0.25, -0.2) is 0 Å². The molecule has 2 aromatic rings. The third-order valence-corrected chi connectivity index (χ3v) is 6.81. The van der Waals surface area contributed by atoms with Gasteiger partial charge in [0.25, 0.3) is 5.60 Å². The number of thiophene rings is 1. The van der Waals surface area contributed by atoms with Crippen LogP contribution >= 0.6 is 46.3 Å². The highest BCUT2D eigenvalue weighted by molar-refractivity contribution is 7.99. The average Bonchev–Trinajstić information content (AvgIpc) is 3.24. The smallest absolute Gasteiger partial charge is 0.374 e. The van der Waals surface area contributed by atoms with Crippen LogP contribution in [0.1, 0.15) is 27.3 Å². The molecule has 0 saturated heterocycles. The summed E-state index contributed by atoms with van der Waals surface area (Å²) in [6, 6.07) is 5.48. The van der Waals surface area contributed by atoms with Crippen molar-refractivity contribution >= 4 is 57.9 Å². The molecule has 11 heteroatoms. The van der Waals surface area contributed by atoms with E-state index in [1.807, 2.05) is 13.2 Å². The van der Waals surface area contributed by atoms with E-state index in [0.29, 0.717) is 17.2 Å². The number of amides is 1. The zero-order valence-electron chi connectivity index (χ0n) is 15.9. The van der Waals surface area contributed by atoms with Crippen LogP contribution in [-0.2, 0) is 21.8 Å². The monoisotopic (exact) mass is 496 g/mol. The normalized spacial score (nSPS) is 18.8. The summed E-state index contributed by atoms with van der Waals surface area (Å²) in [6.07, 6.45) is -3.43. The van der Waals surface area contributed by atoms with Gasteiger partial charge >= 0.3 is 6.18 Å². The number of benzene rings is 1. The molecule has 1 amide bonds. The molecule has 0 saturated carbocycles. The van der Waals surface area contributed by atoms with E-state index in [0.717, 1.165) is 10.4 Å². The second-order valence-electron chi connectivity index (χ2n) is 6.72. The Morgan fingerprint density at radius 3 is 2.57 bits per heavy atom. The van der Waals surface area contributed by atoms with Gasteiger partial charge in [-0.1, -0.05) is 28.4 Å². The summed E-state index contributed by atoms with van der Waals surface area (Å²) < 4.78 is 42.3. The number of alkyl halides is 3. The van der Waals surface area contributed by atoms with E-state index in [4.69, 9.17) is 28.0 Å². The first-order chi connectivity index (χ1) is 14.1. The Bertz CT molecular complexity index is 974. The molecule has 162 valence electrons. The fourth-order valence-corrected chi connectivity index (χ4v) is 5.00. The molecule has 1 aromatic carbocycles. The Morgan fingerprint density at radius 2 is 1.97 bits per heavy atom. The Balaban J connectivity index is 1.86. The third-order valence-electron chi connectivity index (χ3n) is 4.54. The van der Waals surface area contributed by atoms with E-state index in [9.17, 15) is 18.0 Å². The fourth-order valence-electron chi connectivity index (χ4n) is 3.02. The Labute approximate surface area is 189 Å². The van der Waals surface area contributed by atoms with Gasteiger partial charge in [0.2, 0.25) is 5.91 Å². The Morgan fingerprint density at radius 1 is 1.30 bits per heavy atom. The van der Waals surface area contributed by atoms with Gasteiger partial charge in [0.1, 0.15) is 5.71 Å². The number of hydrogen-bond acceptors (Lipinski definition) is 5. The molecule has 0 aliphatic carbocycles. The summed E-state index contributed by atoms with van der Waals surface area (Å²) in [5.74, 6) is 0.237. The molecular formula is C19H17Cl2F3N2O2S2. The lowest BCUT2D eigenvalue weighted by molar-refractivity contribution is -0.275. The summed E-state index contributed by atoms with van der Waals surface area (Å²) >= 11 is 14.5. The maximum atomic E-state index is 14.1. The van der Waals surface area contributed by atoms with Gasteiger partial charge < -0.3 is 10.2 Å². The van der Waals surface area contributed by atoms with Gasteiger partial charge in [-0.05, 0) is 43.0 Å². The predicted octanol–water partition coefficient (Wildman–Crippen LogP) is 5.92. The Kier molecular flexibility index (Phi) is 6.96. The lowest BCUT2D eigenvalue weighted by Gasteiger charge is -2.29. The van der Waals surface area contributed by atoms with Crippen LogP contribution in [0.2, 0.25) is 10.0 Å². The van der Waals surface area contributed by atoms with Gasteiger partial charge in [-0.3, -0.25) is 4.79 Å². The number of nitrogens with zero attached hydrogens (tertiary/aromatic N) is 1. The summed E-state index contributed by atoms with van der Waals surface area (Å²) in [6.45, 7) is 2.14. The number of aryl methyl sites for hydroxylation is 1. The van der Waals surface area contributed by atoms with Crippen molar-refractivity contribution in [3.8, 4) is 0 Å². The van der Waals surface area contributed by atoms with Crippen molar-refractivity contribution in [3.05, 3.63) is 55.2 Å². The van der Waals surface area contributed by atoms with Crippen LogP contribution in [0.15, 0.2) is 29.4 Å². The van der Waals surface area contributed by atoms with Gasteiger partial charge in [0.15, 0.2) is 0 Å². The number of thioether (sulfide) groups is 1. The molecule has 1 N–H and O–H groups in total. The van der Waals surface area contributed by atoms with Crippen LogP contribution in [0.25, 0.3) is 0 Å². The van der Waals surface area contributed by atoms with Gasteiger partial charge in [-0.2, -0.15) is 24.9 Å². The molecule has 30 heavy (non-hydrogen) atoms. The highest BCUT2D eigenvalue weighted by Crippen LogP contribution is 2.50. The topological polar surface area (TPSA) is 50.7 Å². The van der Waals surface area contributed by atoms with Crippen molar-refractivity contribution in [1.82, 2.24) is 5.32 Å². The summed E-state index contributed by atoms with van der Waals surface area (Å²) in [5, 5.41) is 6.72. The van der Waals surface area contributed by atoms with Crippen molar-refractivity contribution in [2.75, 3.05) is 12.0 Å². The maximum Gasteiger partial charge on any atom is 0.435 e. The molecule has 4 nitrogen and oxygen atoms in total. The van der Waals surface area contributed by atoms with Gasteiger partial charge in [0.05, 0.1) is 23.6 Å². The Hall–Kier alpha value is -1.42. The molecule has 2 heterocycles. The van der Waals surface area contributed by atoms with Gasteiger partial charge in [-0.15, -0.1) is 11.3 Å². The molecule has 1 aliphatic rings. The third kappa shape index (κ3) is 4.74. The first-order valence-corrected chi connectivity index (χ1v) is 11.7. The molecule has 0 fully saturated rings. The van der Waals surface area contributed by atoms with Crippen molar-refractivity contribution in [2.45, 2.75) is 31.7 Å². The summed E-state index contributed by atoms with van der Waals surface area (Å²) in [4.78, 5) is 18.1. The molecule has 1 aromatic heterocycles. The summed E-state index contributed by atoms with van der Waals surface area (Å²) in [5.41, 5.74) is -1.83. The number of carbonyl (C=O) groups is 1.